The molecule has 2 aromatic rings. The highest BCUT2D eigenvalue weighted by molar-refractivity contribution is 5.94. The van der Waals surface area contributed by atoms with Crippen LogP contribution in [0, 0.1) is 6.92 Å². The number of aliphatic hydroxyl groups is 1. The average Bonchev–Trinajstić information content (AvgIpc) is 2.86. The Labute approximate surface area is 112 Å². The Kier molecular flexibility index (Phi) is 4.36. The summed E-state index contributed by atoms with van der Waals surface area (Å²) in [7, 11) is 0. The Hall–Kier alpha value is -2.07. The zero-order chi connectivity index (χ0) is 13.7. The van der Waals surface area contributed by atoms with E-state index in [0.29, 0.717) is 17.7 Å². The van der Waals surface area contributed by atoms with E-state index in [4.69, 9.17) is 4.42 Å². The number of hydrogen-bond acceptors (Lipinski definition) is 3. The normalized spacial score (nSPS) is 12.1. The van der Waals surface area contributed by atoms with Gasteiger partial charge in [-0.25, -0.2) is 0 Å². The Morgan fingerprint density at radius 1 is 1.37 bits per heavy atom. The number of amides is 1. The van der Waals surface area contributed by atoms with E-state index < -0.39 is 0 Å². The number of furan rings is 1. The van der Waals surface area contributed by atoms with Crippen LogP contribution in [0.5, 0.6) is 0 Å². The van der Waals surface area contributed by atoms with Crippen LogP contribution in [-0.4, -0.2) is 23.7 Å². The van der Waals surface area contributed by atoms with Gasteiger partial charge in [-0.2, -0.15) is 0 Å². The molecule has 0 aliphatic heterocycles. The van der Waals surface area contributed by atoms with Crippen molar-refractivity contribution in [2.75, 3.05) is 6.61 Å². The minimum atomic E-state index is -0.301. The molecule has 0 radical (unpaired) electrons. The first kappa shape index (κ1) is 13.4. The lowest BCUT2D eigenvalue weighted by Crippen LogP contribution is -2.38. The van der Waals surface area contributed by atoms with Gasteiger partial charge in [0.05, 0.1) is 18.2 Å². The molecule has 0 saturated heterocycles. The van der Waals surface area contributed by atoms with E-state index in [0.717, 1.165) is 5.56 Å². The Morgan fingerprint density at radius 3 is 2.68 bits per heavy atom. The van der Waals surface area contributed by atoms with Gasteiger partial charge >= 0.3 is 0 Å². The van der Waals surface area contributed by atoms with Gasteiger partial charge in [-0.05, 0) is 25.0 Å². The van der Waals surface area contributed by atoms with E-state index in [-0.39, 0.29) is 18.6 Å². The van der Waals surface area contributed by atoms with Crippen LogP contribution in [0.15, 0.2) is 47.1 Å². The molecule has 0 spiro atoms. The van der Waals surface area contributed by atoms with Crippen LogP contribution >= 0.6 is 0 Å². The van der Waals surface area contributed by atoms with Crippen LogP contribution in [0.25, 0.3) is 0 Å². The maximum atomic E-state index is 11.9. The summed E-state index contributed by atoms with van der Waals surface area (Å²) in [4.78, 5) is 11.9. The molecule has 4 nitrogen and oxygen atoms in total. The van der Waals surface area contributed by atoms with Gasteiger partial charge in [0.25, 0.3) is 5.91 Å². The van der Waals surface area contributed by atoms with E-state index in [9.17, 15) is 9.90 Å². The maximum absolute atomic E-state index is 11.9. The lowest BCUT2D eigenvalue weighted by atomic mass is 10.1. The summed E-state index contributed by atoms with van der Waals surface area (Å²) >= 11 is 0. The maximum Gasteiger partial charge on any atom is 0.254 e. The zero-order valence-corrected chi connectivity index (χ0v) is 10.8. The summed E-state index contributed by atoms with van der Waals surface area (Å²) in [6, 6.07) is 11.1. The first-order chi connectivity index (χ1) is 9.19. The molecule has 0 saturated carbocycles. The Balaban J connectivity index is 1.97. The third-order valence-corrected chi connectivity index (χ3v) is 2.87. The molecule has 19 heavy (non-hydrogen) atoms. The molecule has 0 bridgehead atoms. The molecule has 0 unspecified atom stereocenters. The zero-order valence-electron chi connectivity index (χ0n) is 10.8. The van der Waals surface area contributed by atoms with E-state index >= 15 is 0 Å². The number of hydrogen-bond donors (Lipinski definition) is 2. The fraction of sp³-hybridized carbons (Fsp3) is 0.267. The van der Waals surface area contributed by atoms with Gasteiger partial charge in [-0.15, -0.1) is 0 Å². The van der Waals surface area contributed by atoms with E-state index in [2.05, 4.69) is 5.32 Å². The monoisotopic (exact) mass is 259 g/mol. The van der Waals surface area contributed by atoms with Crippen molar-refractivity contribution in [3.8, 4) is 0 Å². The van der Waals surface area contributed by atoms with Crippen molar-refractivity contribution in [3.05, 3.63) is 59.5 Å². The second-order valence-corrected chi connectivity index (χ2v) is 4.49. The standard InChI is InChI=1S/C15H17NO3/c1-11-7-13(10-19-11)15(18)16-14(9-17)8-12-5-3-2-4-6-12/h2-7,10,14,17H,8-9H2,1H3,(H,16,18)/t14-/m0/s1. The molecule has 0 aliphatic carbocycles. The predicted molar refractivity (Wildman–Crippen MR) is 71.9 cm³/mol. The summed E-state index contributed by atoms with van der Waals surface area (Å²) in [6.45, 7) is 1.68. The minimum Gasteiger partial charge on any atom is -0.469 e. The van der Waals surface area contributed by atoms with Crippen LogP contribution < -0.4 is 5.32 Å². The third kappa shape index (κ3) is 3.69. The summed E-state index contributed by atoms with van der Waals surface area (Å²) in [6.07, 6.45) is 2.02. The summed E-state index contributed by atoms with van der Waals surface area (Å²) in [5, 5.41) is 12.1. The number of aryl methyl sites for hydroxylation is 1. The van der Waals surface area contributed by atoms with Crippen molar-refractivity contribution in [1.29, 1.82) is 0 Å². The molecule has 4 heteroatoms. The molecule has 1 amide bonds. The van der Waals surface area contributed by atoms with Crippen molar-refractivity contribution in [2.45, 2.75) is 19.4 Å². The van der Waals surface area contributed by atoms with Gasteiger partial charge in [0.1, 0.15) is 12.0 Å². The molecular weight excluding hydrogens is 242 g/mol. The van der Waals surface area contributed by atoms with Gasteiger partial charge in [0, 0.05) is 0 Å². The highest BCUT2D eigenvalue weighted by Gasteiger charge is 2.15. The van der Waals surface area contributed by atoms with Gasteiger partial charge in [-0.1, -0.05) is 30.3 Å². The first-order valence-electron chi connectivity index (χ1n) is 6.20. The van der Waals surface area contributed by atoms with Crippen molar-refractivity contribution >= 4 is 5.91 Å². The fourth-order valence-corrected chi connectivity index (χ4v) is 1.89. The van der Waals surface area contributed by atoms with Crippen LogP contribution in [0.3, 0.4) is 0 Å². The van der Waals surface area contributed by atoms with Crippen molar-refractivity contribution in [3.63, 3.8) is 0 Å². The molecule has 1 atom stereocenters. The largest absolute Gasteiger partial charge is 0.469 e. The molecular formula is C15H17NO3. The average molecular weight is 259 g/mol. The van der Waals surface area contributed by atoms with Gasteiger partial charge in [0.2, 0.25) is 0 Å². The topological polar surface area (TPSA) is 62.5 Å². The van der Waals surface area contributed by atoms with Crippen molar-refractivity contribution in [2.24, 2.45) is 0 Å². The second-order valence-electron chi connectivity index (χ2n) is 4.49. The number of rotatable bonds is 5. The molecule has 2 rings (SSSR count). The second kappa shape index (κ2) is 6.20. The van der Waals surface area contributed by atoms with Gasteiger partial charge < -0.3 is 14.8 Å². The summed E-state index contributed by atoms with van der Waals surface area (Å²) in [5.74, 6) is 0.459. The quantitative estimate of drug-likeness (QED) is 0.862. The van der Waals surface area contributed by atoms with Crippen LogP contribution in [0.1, 0.15) is 21.7 Å². The summed E-state index contributed by atoms with van der Waals surface area (Å²) < 4.78 is 5.10. The van der Waals surface area contributed by atoms with E-state index in [1.807, 2.05) is 30.3 Å². The lowest BCUT2D eigenvalue weighted by Gasteiger charge is -2.15. The molecule has 1 aromatic carbocycles. The fourth-order valence-electron chi connectivity index (χ4n) is 1.89. The number of carbonyl (C=O) groups excluding carboxylic acids is 1. The SMILES string of the molecule is Cc1cc(C(=O)N[C@H](CO)Cc2ccccc2)co1. The van der Waals surface area contributed by atoms with Crippen LogP contribution in [0.4, 0.5) is 0 Å². The Bertz CT molecular complexity index is 533. The third-order valence-electron chi connectivity index (χ3n) is 2.87. The molecule has 100 valence electrons. The van der Waals surface area contributed by atoms with Gasteiger partial charge in [0.15, 0.2) is 0 Å². The molecule has 1 heterocycles. The minimum absolute atomic E-state index is 0.0997. The molecule has 0 fully saturated rings. The molecule has 2 N–H and O–H groups in total. The highest BCUT2D eigenvalue weighted by Crippen LogP contribution is 2.08. The number of carbonyl (C=O) groups is 1. The number of aliphatic hydroxyl groups excluding tert-OH is 1. The van der Waals surface area contributed by atoms with E-state index in [1.165, 1.54) is 6.26 Å². The van der Waals surface area contributed by atoms with Crippen LogP contribution in [0.2, 0.25) is 0 Å². The van der Waals surface area contributed by atoms with Crippen LogP contribution in [-0.2, 0) is 6.42 Å². The number of benzene rings is 1. The first-order valence-corrected chi connectivity index (χ1v) is 6.20. The summed E-state index contributed by atoms with van der Waals surface area (Å²) in [5.41, 5.74) is 1.55. The molecule has 0 aliphatic rings. The Morgan fingerprint density at radius 2 is 2.11 bits per heavy atom. The highest BCUT2D eigenvalue weighted by atomic mass is 16.3. The van der Waals surface area contributed by atoms with E-state index in [1.54, 1.807) is 13.0 Å². The molecule has 1 aromatic heterocycles. The van der Waals surface area contributed by atoms with Gasteiger partial charge in [-0.3, -0.25) is 4.79 Å². The predicted octanol–water partition coefficient (Wildman–Crippen LogP) is 1.92. The smallest absolute Gasteiger partial charge is 0.254 e. The van der Waals surface area contributed by atoms with Crippen molar-refractivity contribution < 1.29 is 14.3 Å². The number of nitrogens with one attached hydrogen (secondary N) is 1. The van der Waals surface area contributed by atoms with Crippen molar-refractivity contribution in [1.82, 2.24) is 5.32 Å². The lowest BCUT2D eigenvalue weighted by molar-refractivity contribution is 0.0916.